The number of halogens is 2. The van der Waals surface area contributed by atoms with Crippen LogP contribution in [0.3, 0.4) is 0 Å². The van der Waals surface area contributed by atoms with Crippen molar-refractivity contribution in [1.82, 2.24) is 4.90 Å². The van der Waals surface area contributed by atoms with Crippen LogP contribution in [-0.4, -0.2) is 23.4 Å². The van der Waals surface area contributed by atoms with Crippen molar-refractivity contribution in [2.75, 3.05) is 6.54 Å². The third kappa shape index (κ3) is 2.99. The Hall–Kier alpha value is -0.290. The van der Waals surface area contributed by atoms with Crippen LogP contribution in [0.1, 0.15) is 43.0 Å². The van der Waals surface area contributed by atoms with Gasteiger partial charge in [-0.15, -0.1) is 0 Å². The summed E-state index contributed by atoms with van der Waals surface area (Å²) in [6, 6.07) is 5.95. The zero-order valence-corrected chi connectivity index (χ0v) is 13.4. The number of rotatable bonds is 2. The minimum absolute atomic E-state index is 0.125. The minimum atomic E-state index is 0.125. The van der Waals surface area contributed by atoms with Gasteiger partial charge in [-0.25, -0.2) is 0 Å². The van der Waals surface area contributed by atoms with Gasteiger partial charge in [0.15, 0.2) is 0 Å². The highest BCUT2D eigenvalue weighted by molar-refractivity contribution is 14.1. The van der Waals surface area contributed by atoms with Gasteiger partial charge in [-0.3, -0.25) is 4.79 Å². The molecule has 1 aromatic carbocycles. The molecule has 4 heteroatoms. The minimum Gasteiger partial charge on any atom is -0.336 e. The van der Waals surface area contributed by atoms with Crippen molar-refractivity contribution in [3.8, 4) is 0 Å². The van der Waals surface area contributed by atoms with Crippen LogP contribution in [0.25, 0.3) is 0 Å². The van der Waals surface area contributed by atoms with E-state index in [1.54, 1.807) is 6.07 Å². The van der Waals surface area contributed by atoms with Crippen molar-refractivity contribution in [2.24, 2.45) is 0 Å². The molecule has 0 saturated carbocycles. The SMILES string of the molecule is CCC1CCCCN1C(=O)c1ccc(I)c(Cl)c1. The molecule has 1 heterocycles. The summed E-state index contributed by atoms with van der Waals surface area (Å²) in [7, 11) is 0. The number of benzene rings is 1. The van der Waals surface area contributed by atoms with Crippen LogP contribution in [0.15, 0.2) is 18.2 Å². The van der Waals surface area contributed by atoms with Crippen LogP contribution in [-0.2, 0) is 0 Å². The fourth-order valence-corrected chi connectivity index (χ4v) is 3.00. The highest BCUT2D eigenvalue weighted by atomic mass is 127. The number of amides is 1. The summed E-state index contributed by atoms with van der Waals surface area (Å²) < 4.78 is 0.983. The van der Waals surface area contributed by atoms with Crippen molar-refractivity contribution in [2.45, 2.75) is 38.6 Å². The highest BCUT2D eigenvalue weighted by Crippen LogP contribution is 2.24. The molecule has 2 rings (SSSR count). The average molecular weight is 378 g/mol. The van der Waals surface area contributed by atoms with Crippen molar-refractivity contribution < 1.29 is 4.79 Å². The molecule has 0 bridgehead atoms. The molecule has 1 aliphatic heterocycles. The Bertz CT molecular complexity index is 449. The number of hydrogen-bond donors (Lipinski definition) is 0. The van der Waals surface area contributed by atoms with Crippen LogP contribution in [0.5, 0.6) is 0 Å². The third-order valence-electron chi connectivity index (χ3n) is 3.53. The molecule has 0 aromatic heterocycles. The lowest BCUT2D eigenvalue weighted by Crippen LogP contribution is -2.43. The fraction of sp³-hybridized carbons (Fsp3) is 0.500. The van der Waals surface area contributed by atoms with Gasteiger partial charge in [0.25, 0.3) is 5.91 Å². The first kappa shape index (κ1) is 14.1. The average Bonchev–Trinajstić information content (AvgIpc) is 2.41. The van der Waals surface area contributed by atoms with E-state index in [-0.39, 0.29) is 5.91 Å². The molecule has 98 valence electrons. The van der Waals surface area contributed by atoms with E-state index in [9.17, 15) is 4.79 Å². The van der Waals surface area contributed by atoms with Crippen LogP contribution < -0.4 is 0 Å². The summed E-state index contributed by atoms with van der Waals surface area (Å²) in [5, 5.41) is 0.659. The normalized spacial score (nSPS) is 19.9. The van der Waals surface area contributed by atoms with Crippen LogP contribution in [0.4, 0.5) is 0 Å². The van der Waals surface area contributed by atoms with E-state index < -0.39 is 0 Å². The lowest BCUT2D eigenvalue weighted by Gasteiger charge is -2.35. The molecule has 1 aromatic rings. The maximum Gasteiger partial charge on any atom is 0.254 e. The molecule has 1 atom stereocenters. The second-order valence-electron chi connectivity index (χ2n) is 4.69. The molecule has 0 aliphatic carbocycles. The largest absolute Gasteiger partial charge is 0.336 e. The van der Waals surface area contributed by atoms with E-state index in [1.165, 1.54) is 6.42 Å². The molecule has 18 heavy (non-hydrogen) atoms. The van der Waals surface area contributed by atoms with Gasteiger partial charge in [-0.05, 0) is 66.5 Å². The maximum absolute atomic E-state index is 12.5. The van der Waals surface area contributed by atoms with Gasteiger partial charge in [0.1, 0.15) is 0 Å². The van der Waals surface area contributed by atoms with Crippen LogP contribution in [0.2, 0.25) is 5.02 Å². The standard InChI is InChI=1S/C14H17ClINO/c1-2-11-5-3-4-8-17(11)14(18)10-6-7-13(16)12(15)9-10/h6-7,9,11H,2-5,8H2,1H3. The highest BCUT2D eigenvalue weighted by Gasteiger charge is 2.26. The molecular formula is C14H17ClINO. The molecule has 0 spiro atoms. The molecule has 0 N–H and O–H groups in total. The van der Waals surface area contributed by atoms with Crippen molar-refractivity contribution >= 4 is 40.1 Å². The topological polar surface area (TPSA) is 20.3 Å². The number of nitrogens with zero attached hydrogens (tertiary/aromatic N) is 1. The molecule has 1 amide bonds. The fourth-order valence-electron chi connectivity index (χ4n) is 2.49. The van der Waals surface area contributed by atoms with Gasteiger partial charge in [-0.2, -0.15) is 0 Å². The Balaban J connectivity index is 2.21. The quantitative estimate of drug-likeness (QED) is 0.702. The van der Waals surface area contributed by atoms with E-state index in [0.29, 0.717) is 16.6 Å². The summed E-state index contributed by atoms with van der Waals surface area (Å²) in [5.41, 5.74) is 0.709. The van der Waals surface area contributed by atoms with Gasteiger partial charge in [0.05, 0.1) is 5.02 Å². The Morgan fingerprint density at radius 2 is 2.28 bits per heavy atom. The molecule has 1 saturated heterocycles. The maximum atomic E-state index is 12.5. The molecule has 0 radical (unpaired) electrons. The van der Waals surface area contributed by atoms with Gasteiger partial charge in [0, 0.05) is 21.7 Å². The monoisotopic (exact) mass is 377 g/mol. The Labute approximate surface area is 127 Å². The lowest BCUT2D eigenvalue weighted by molar-refractivity contribution is 0.0608. The molecule has 1 fully saturated rings. The number of piperidine rings is 1. The van der Waals surface area contributed by atoms with Crippen molar-refractivity contribution in [1.29, 1.82) is 0 Å². The number of carbonyl (C=O) groups excluding carboxylic acids is 1. The third-order valence-corrected chi connectivity index (χ3v) is 5.10. The molecule has 2 nitrogen and oxygen atoms in total. The zero-order valence-electron chi connectivity index (χ0n) is 10.5. The van der Waals surface area contributed by atoms with Crippen molar-refractivity contribution in [3.05, 3.63) is 32.4 Å². The van der Waals surface area contributed by atoms with E-state index in [4.69, 9.17) is 11.6 Å². The predicted octanol–water partition coefficient (Wildman–Crippen LogP) is 4.35. The van der Waals surface area contributed by atoms with Gasteiger partial charge < -0.3 is 4.90 Å². The second-order valence-corrected chi connectivity index (χ2v) is 6.25. The van der Waals surface area contributed by atoms with Gasteiger partial charge in [-0.1, -0.05) is 18.5 Å². The smallest absolute Gasteiger partial charge is 0.254 e. The second kappa shape index (κ2) is 6.24. The van der Waals surface area contributed by atoms with Crippen LogP contribution >= 0.6 is 34.2 Å². The Morgan fingerprint density at radius 1 is 1.50 bits per heavy atom. The summed E-state index contributed by atoms with van der Waals surface area (Å²) in [5.74, 6) is 0.125. The summed E-state index contributed by atoms with van der Waals surface area (Å²) in [4.78, 5) is 14.5. The summed E-state index contributed by atoms with van der Waals surface area (Å²) in [6.45, 7) is 3.03. The molecular weight excluding hydrogens is 361 g/mol. The molecule has 1 unspecified atom stereocenters. The number of hydrogen-bond acceptors (Lipinski definition) is 1. The summed E-state index contributed by atoms with van der Waals surface area (Å²) >= 11 is 8.26. The van der Waals surface area contributed by atoms with E-state index in [1.807, 2.05) is 17.0 Å². The first-order valence-electron chi connectivity index (χ1n) is 6.39. The van der Waals surface area contributed by atoms with Crippen molar-refractivity contribution in [3.63, 3.8) is 0 Å². The van der Waals surface area contributed by atoms with E-state index in [2.05, 4.69) is 29.5 Å². The summed E-state index contributed by atoms with van der Waals surface area (Å²) in [6.07, 6.45) is 4.50. The van der Waals surface area contributed by atoms with Gasteiger partial charge >= 0.3 is 0 Å². The zero-order chi connectivity index (χ0) is 13.1. The number of likely N-dealkylation sites (tertiary alicyclic amines) is 1. The predicted molar refractivity (Wildman–Crippen MR) is 83.1 cm³/mol. The number of carbonyl (C=O) groups is 1. The Kier molecular flexibility index (Phi) is 4.90. The first-order chi connectivity index (χ1) is 8.63. The van der Waals surface area contributed by atoms with E-state index in [0.717, 1.165) is 29.4 Å². The van der Waals surface area contributed by atoms with Crippen LogP contribution in [0, 0.1) is 3.57 Å². The van der Waals surface area contributed by atoms with E-state index >= 15 is 0 Å². The Morgan fingerprint density at radius 3 is 2.94 bits per heavy atom. The lowest BCUT2D eigenvalue weighted by atomic mass is 9.99. The van der Waals surface area contributed by atoms with Gasteiger partial charge in [0.2, 0.25) is 0 Å². The molecule has 1 aliphatic rings. The first-order valence-corrected chi connectivity index (χ1v) is 7.85.